The molecule has 34 heavy (non-hydrogen) atoms. The fourth-order valence-corrected chi connectivity index (χ4v) is 4.79. The van der Waals surface area contributed by atoms with E-state index in [1.807, 2.05) is 38.2 Å². The van der Waals surface area contributed by atoms with Crippen LogP contribution in [0, 0.1) is 18.3 Å². The summed E-state index contributed by atoms with van der Waals surface area (Å²) in [5.41, 5.74) is 5.76. The van der Waals surface area contributed by atoms with E-state index < -0.39 is 0 Å². The first-order valence-corrected chi connectivity index (χ1v) is 12.0. The van der Waals surface area contributed by atoms with Crippen LogP contribution in [0.25, 0.3) is 10.9 Å². The summed E-state index contributed by atoms with van der Waals surface area (Å²) in [5, 5.41) is 14.5. The molecule has 0 atom stereocenters. The second-order valence-electron chi connectivity index (χ2n) is 8.36. The lowest BCUT2D eigenvalue weighted by molar-refractivity contribution is -0.109. The molecule has 2 aromatic carbocycles. The van der Waals surface area contributed by atoms with E-state index in [1.165, 1.54) is 0 Å². The lowest BCUT2D eigenvalue weighted by Gasteiger charge is -2.22. The Balaban J connectivity index is 1.83. The maximum atomic E-state index is 10.6. The van der Waals surface area contributed by atoms with E-state index in [1.54, 1.807) is 7.11 Å². The van der Waals surface area contributed by atoms with Crippen LogP contribution in [0.2, 0.25) is 10.0 Å². The van der Waals surface area contributed by atoms with E-state index >= 15 is 0 Å². The Morgan fingerprint density at radius 1 is 1.21 bits per heavy atom. The first kappa shape index (κ1) is 26.1. The maximum absolute atomic E-state index is 10.6. The van der Waals surface area contributed by atoms with Crippen molar-refractivity contribution < 1.29 is 9.53 Å². The van der Waals surface area contributed by atoms with Crippen molar-refractivity contribution in [3.8, 4) is 6.07 Å². The number of rotatable bonds is 12. The largest absolute Gasteiger partial charge is 0.383 e. The van der Waals surface area contributed by atoms with Crippen LogP contribution in [0.3, 0.4) is 0 Å². The molecule has 0 spiro atoms. The number of fused-ring (bicyclic) bond motifs is 1. The molecule has 0 fully saturated rings. The van der Waals surface area contributed by atoms with Crippen LogP contribution in [0.1, 0.15) is 27.9 Å². The Morgan fingerprint density at radius 3 is 2.71 bits per heavy atom. The highest BCUT2D eigenvalue weighted by molar-refractivity contribution is 6.36. The van der Waals surface area contributed by atoms with Crippen LogP contribution in [0.4, 0.5) is 0 Å². The van der Waals surface area contributed by atoms with Gasteiger partial charge < -0.3 is 14.6 Å². The van der Waals surface area contributed by atoms with Gasteiger partial charge in [0, 0.05) is 73.4 Å². The highest BCUT2D eigenvalue weighted by Gasteiger charge is 2.16. The van der Waals surface area contributed by atoms with Crippen molar-refractivity contribution >= 4 is 40.5 Å². The van der Waals surface area contributed by atoms with Crippen LogP contribution >= 0.6 is 23.2 Å². The summed E-state index contributed by atoms with van der Waals surface area (Å²) < 4.78 is 7.33. The molecule has 0 bridgehead atoms. The molecular weight excluding hydrogens is 471 g/mol. The smallest absolute Gasteiger partial charge is 0.207 e. The zero-order valence-electron chi connectivity index (χ0n) is 19.8. The third kappa shape index (κ3) is 6.11. The summed E-state index contributed by atoms with van der Waals surface area (Å²) in [4.78, 5) is 12.8. The summed E-state index contributed by atoms with van der Waals surface area (Å²) in [6.45, 7) is 5.52. The minimum atomic E-state index is 0.584. The Labute approximate surface area is 211 Å². The summed E-state index contributed by atoms with van der Waals surface area (Å²) in [5.74, 6) is 0. The number of nitriles is 1. The predicted octanol–water partition coefficient (Wildman–Crippen LogP) is 4.49. The zero-order valence-corrected chi connectivity index (χ0v) is 21.3. The van der Waals surface area contributed by atoms with Gasteiger partial charge in [-0.1, -0.05) is 29.3 Å². The SMILES string of the molecule is COCCN(CCNC=O)CCc1ccc(Cl)c(Cc2cc3c(C)cc(C#N)cc3n2C)c1Cl. The standard InChI is InChI=1S/C26H30Cl2N4O2/c1-18-12-19(16-29)13-25-22(18)14-21(31(25)2)15-23-24(27)5-4-20(26(23)28)6-8-32(10-11-34-3)9-7-30-17-33/h4-5,12-14,17H,6-11,15H2,1-3H3,(H,30,33). The third-order valence-corrected chi connectivity index (χ3v) is 7.01. The van der Waals surface area contributed by atoms with Crippen molar-refractivity contribution in [3.63, 3.8) is 0 Å². The van der Waals surface area contributed by atoms with Crippen LogP contribution in [-0.2, 0) is 29.4 Å². The summed E-state index contributed by atoms with van der Waals surface area (Å²) >= 11 is 13.5. The summed E-state index contributed by atoms with van der Waals surface area (Å²) in [6, 6.07) is 12.1. The van der Waals surface area contributed by atoms with Crippen LogP contribution in [0.15, 0.2) is 30.3 Å². The van der Waals surface area contributed by atoms with Gasteiger partial charge in [-0.15, -0.1) is 0 Å². The van der Waals surface area contributed by atoms with Crippen molar-refractivity contribution in [2.75, 3.05) is 39.9 Å². The number of aryl methyl sites for hydroxylation is 2. The Bertz CT molecular complexity index is 1200. The summed E-state index contributed by atoms with van der Waals surface area (Å²) in [6.07, 6.45) is 2.06. The number of carbonyl (C=O) groups excluding carboxylic acids is 1. The van der Waals surface area contributed by atoms with Gasteiger partial charge >= 0.3 is 0 Å². The molecule has 0 saturated heterocycles. The van der Waals surface area contributed by atoms with Crippen LogP contribution < -0.4 is 5.32 Å². The topological polar surface area (TPSA) is 70.3 Å². The van der Waals surface area contributed by atoms with Gasteiger partial charge in [-0.3, -0.25) is 9.69 Å². The number of benzene rings is 2. The maximum Gasteiger partial charge on any atom is 0.207 e. The second kappa shape index (κ2) is 12.2. The van der Waals surface area contributed by atoms with Crippen molar-refractivity contribution in [1.82, 2.24) is 14.8 Å². The molecule has 0 radical (unpaired) electrons. The quantitative estimate of drug-likeness (QED) is 0.293. The van der Waals surface area contributed by atoms with Gasteiger partial charge in [-0.2, -0.15) is 5.26 Å². The molecule has 1 N–H and O–H groups in total. The molecular formula is C26H30Cl2N4O2. The second-order valence-corrected chi connectivity index (χ2v) is 9.15. The average molecular weight is 501 g/mol. The van der Waals surface area contributed by atoms with Gasteiger partial charge in [-0.25, -0.2) is 0 Å². The number of hydrogen-bond acceptors (Lipinski definition) is 4. The predicted molar refractivity (Wildman–Crippen MR) is 138 cm³/mol. The average Bonchev–Trinajstić information content (AvgIpc) is 3.14. The van der Waals surface area contributed by atoms with Gasteiger partial charge in [0.05, 0.1) is 18.2 Å². The number of nitrogens with one attached hydrogen (secondary N) is 1. The number of nitrogens with zero attached hydrogens (tertiary/aromatic N) is 3. The van der Waals surface area contributed by atoms with Crippen molar-refractivity contribution in [2.24, 2.45) is 7.05 Å². The number of ether oxygens (including phenoxy) is 1. The van der Waals surface area contributed by atoms with Crippen LogP contribution in [-0.4, -0.2) is 55.8 Å². The minimum absolute atomic E-state index is 0.584. The lowest BCUT2D eigenvalue weighted by Crippen LogP contribution is -2.35. The Kier molecular flexibility index (Phi) is 9.37. The highest BCUT2D eigenvalue weighted by atomic mass is 35.5. The first-order chi connectivity index (χ1) is 16.4. The van der Waals surface area contributed by atoms with E-state index in [0.717, 1.165) is 59.3 Å². The van der Waals surface area contributed by atoms with E-state index in [4.69, 9.17) is 27.9 Å². The van der Waals surface area contributed by atoms with E-state index in [2.05, 4.69) is 26.9 Å². The fourth-order valence-electron chi connectivity index (χ4n) is 4.20. The van der Waals surface area contributed by atoms with Gasteiger partial charge in [0.25, 0.3) is 0 Å². The van der Waals surface area contributed by atoms with Crippen LogP contribution in [0.5, 0.6) is 0 Å². The zero-order chi connectivity index (χ0) is 24.7. The molecule has 1 aromatic heterocycles. The molecule has 180 valence electrons. The molecule has 3 aromatic rings. The normalized spacial score (nSPS) is 11.2. The molecule has 1 heterocycles. The molecule has 0 unspecified atom stereocenters. The number of halogens is 2. The first-order valence-electron chi connectivity index (χ1n) is 11.2. The molecule has 6 nitrogen and oxygen atoms in total. The van der Waals surface area contributed by atoms with Gasteiger partial charge in [0.2, 0.25) is 6.41 Å². The third-order valence-electron chi connectivity index (χ3n) is 6.19. The summed E-state index contributed by atoms with van der Waals surface area (Å²) in [7, 11) is 3.69. The number of carbonyl (C=O) groups is 1. The molecule has 8 heteroatoms. The van der Waals surface area contributed by atoms with E-state index in [9.17, 15) is 10.1 Å². The fraction of sp³-hybridized carbons (Fsp3) is 0.385. The number of amides is 1. The molecule has 3 rings (SSSR count). The molecule has 0 aliphatic rings. The van der Waals surface area contributed by atoms with Gasteiger partial charge in [0.15, 0.2) is 0 Å². The Hall–Kier alpha value is -2.56. The lowest BCUT2D eigenvalue weighted by atomic mass is 10.0. The monoisotopic (exact) mass is 500 g/mol. The van der Waals surface area contributed by atoms with Gasteiger partial charge in [0.1, 0.15) is 0 Å². The van der Waals surface area contributed by atoms with Crippen molar-refractivity contribution in [1.29, 1.82) is 5.26 Å². The number of aromatic nitrogens is 1. The van der Waals surface area contributed by atoms with Crippen molar-refractivity contribution in [2.45, 2.75) is 19.8 Å². The molecule has 0 aliphatic carbocycles. The van der Waals surface area contributed by atoms with Crippen molar-refractivity contribution in [3.05, 3.63) is 68.3 Å². The Morgan fingerprint density at radius 2 is 2.00 bits per heavy atom. The number of methoxy groups -OCH3 is 1. The molecule has 1 amide bonds. The van der Waals surface area contributed by atoms with E-state index in [-0.39, 0.29) is 0 Å². The molecule has 0 saturated carbocycles. The van der Waals surface area contributed by atoms with Gasteiger partial charge in [-0.05, 0) is 54.3 Å². The number of hydrogen-bond donors (Lipinski definition) is 1. The van der Waals surface area contributed by atoms with E-state index in [0.29, 0.717) is 41.6 Å². The minimum Gasteiger partial charge on any atom is -0.383 e. The highest BCUT2D eigenvalue weighted by Crippen LogP contribution is 2.33. The molecule has 0 aliphatic heterocycles.